The molecular formula is C58H65B4BrN2. The van der Waals surface area contributed by atoms with Gasteiger partial charge in [-0.05, 0) is 189 Å². The quantitative estimate of drug-likeness (QED) is 0.136. The van der Waals surface area contributed by atoms with Gasteiger partial charge in [0, 0.05) is 32.9 Å². The van der Waals surface area contributed by atoms with Gasteiger partial charge in [-0.2, -0.15) is 0 Å². The molecule has 0 aliphatic heterocycles. The zero-order valence-electron chi connectivity index (χ0n) is 39.8. The van der Waals surface area contributed by atoms with E-state index in [-0.39, 0.29) is 22.7 Å². The molecule has 5 fully saturated rings. The van der Waals surface area contributed by atoms with E-state index in [0.717, 1.165) is 64.3 Å². The van der Waals surface area contributed by atoms with Crippen molar-refractivity contribution < 1.29 is 0 Å². The Hall–Kier alpha value is -3.56. The van der Waals surface area contributed by atoms with E-state index in [0.29, 0.717) is 29.6 Å². The lowest BCUT2D eigenvalue weighted by atomic mass is 9.42. The van der Waals surface area contributed by atoms with E-state index in [1.165, 1.54) is 72.8 Å². The van der Waals surface area contributed by atoms with Gasteiger partial charge in [0.2, 0.25) is 0 Å². The maximum atomic E-state index is 6.97. The summed E-state index contributed by atoms with van der Waals surface area (Å²) in [6.07, 6.45) is 13.2. The van der Waals surface area contributed by atoms with E-state index in [1.807, 2.05) is 0 Å². The summed E-state index contributed by atoms with van der Waals surface area (Å²) in [5, 5.41) is -1.34. The van der Waals surface area contributed by atoms with Crippen molar-refractivity contribution in [2.45, 2.75) is 151 Å². The van der Waals surface area contributed by atoms with Gasteiger partial charge in [0.15, 0.2) is 0 Å². The fourth-order valence-corrected chi connectivity index (χ4v) is 13.9. The third-order valence-corrected chi connectivity index (χ3v) is 17.6. The maximum Gasteiger partial charge on any atom is 0.0632 e. The first-order valence-electron chi connectivity index (χ1n) is 24.9. The van der Waals surface area contributed by atoms with E-state index < -0.39 is 10.4 Å². The lowest BCUT2D eigenvalue weighted by Crippen LogP contribution is -2.29. The maximum absolute atomic E-state index is 6.97. The van der Waals surface area contributed by atoms with Gasteiger partial charge in [0.05, 0.1) is 37.1 Å². The van der Waals surface area contributed by atoms with Crippen LogP contribution in [0, 0.1) is 23.7 Å². The van der Waals surface area contributed by atoms with E-state index >= 15 is 0 Å². The van der Waals surface area contributed by atoms with Gasteiger partial charge in [-0.1, -0.05) is 138 Å². The Morgan fingerprint density at radius 1 is 0.462 bits per heavy atom. The molecule has 0 aromatic heterocycles. The van der Waals surface area contributed by atoms with Crippen LogP contribution in [0.25, 0.3) is 0 Å². The molecule has 8 radical (unpaired) electrons. The van der Waals surface area contributed by atoms with Gasteiger partial charge in [0.1, 0.15) is 0 Å². The van der Waals surface area contributed by atoms with Crippen molar-refractivity contribution in [2.75, 3.05) is 9.80 Å². The lowest BCUT2D eigenvalue weighted by Gasteiger charge is -2.40. The lowest BCUT2D eigenvalue weighted by molar-refractivity contribution is 0.389. The molecule has 7 heteroatoms. The minimum Gasteiger partial charge on any atom is -0.310 e. The highest BCUT2D eigenvalue weighted by Gasteiger charge is 2.53. The van der Waals surface area contributed by atoms with Crippen LogP contribution in [0.1, 0.15) is 158 Å². The highest BCUT2D eigenvalue weighted by Crippen LogP contribution is 2.66. The molecule has 0 heterocycles. The Kier molecular flexibility index (Phi) is 11.8. The summed E-state index contributed by atoms with van der Waals surface area (Å²) in [6.45, 7) is 13.7. The molecule has 5 aliphatic carbocycles. The summed E-state index contributed by atoms with van der Waals surface area (Å²) in [7, 11) is 27.9. The van der Waals surface area contributed by atoms with Gasteiger partial charge < -0.3 is 9.80 Å². The number of rotatable bonds is 9. The number of hydrogen-bond donors (Lipinski definition) is 0. The minimum absolute atomic E-state index is 0.0141. The van der Waals surface area contributed by atoms with Crippen LogP contribution in [0.15, 0.2) is 114 Å². The molecule has 6 atom stereocenters. The Balaban J connectivity index is 1.14. The Morgan fingerprint density at radius 2 is 0.908 bits per heavy atom. The van der Waals surface area contributed by atoms with Crippen LogP contribution < -0.4 is 9.80 Å². The normalized spacial score (nSPS) is 25.8. The summed E-state index contributed by atoms with van der Waals surface area (Å²) in [6, 6.07) is 42.0. The fraction of sp³-hybridized carbons (Fsp3) is 0.483. The smallest absolute Gasteiger partial charge is 0.0632 e. The predicted octanol–water partition coefficient (Wildman–Crippen LogP) is 16.0. The van der Waals surface area contributed by atoms with E-state index in [9.17, 15) is 0 Å². The number of fused-ring (bicyclic) bond motifs is 4. The van der Waals surface area contributed by atoms with Crippen molar-refractivity contribution in [2.24, 2.45) is 23.7 Å². The number of hydrogen-bond acceptors (Lipinski definition) is 2. The molecule has 5 aromatic carbocycles. The molecule has 10 rings (SSSR count). The molecule has 2 nitrogen and oxygen atoms in total. The standard InChI is InChI=1S/C58H65B4BrN2/c1-55(2,3)42-20-27-48(28-21-42)65(52-29-22-43(34-51(52)63)56(4,5)6)50-33-41(36-10-8-7-9-11-36)32-49(35-50)64(46-23-14-37(15-24-46)53-39-12-18-44(30-39)57(53,59)60)47-25-16-38(17-26-47)54-40-13-19-45(31-40)58(54,61)62/h14-17,20-29,32-36,39-40,44-45,53-54H,7-13,18-19,30-31H2,1-6H3. The summed E-state index contributed by atoms with van der Waals surface area (Å²) in [5.74, 6) is 2.68. The zero-order chi connectivity index (χ0) is 45.6. The number of benzene rings is 5. The van der Waals surface area contributed by atoms with Crippen LogP contribution in [0.4, 0.5) is 34.1 Å². The highest BCUT2D eigenvalue weighted by molar-refractivity contribution is 9.10. The van der Waals surface area contributed by atoms with E-state index in [4.69, 9.17) is 31.4 Å². The third-order valence-electron chi connectivity index (χ3n) is 17.0. The Morgan fingerprint density at radius 3 is 1.35 bits per heavy atom. The first-order valence-corrected chi connectivity index (χ1v) is 25.7. The van der Waals surface area contributed by atoms with Crippen LogP contribution >= 0.6 is 15.9 Å². The fourth-order valence-electron chi connectivity index (χ4n) is 13.3. The van der Waals surface area contributed by atoms with Crippen molar-refractivity contribution in [3.05, 3.63) is 141 Å². The number of halogens is 1. The average Bonchev–Trinajstić information content (AvgIpc) is 4.06. The van der Waals surface area contributed by atoms with Gasteiger partial charge in [0.25, 0.3) is 0 Å². The van der Waals surface area contributed by atoms with Crippen molar-refractivity contribution in [1.29, 1.82) is 0 Å². The van der Waals surface area contributed by atoms with Crippen LogP contribution in [-0.2, 0) is 10.8 Å². The van der Waals surface area contributed by atoms with E-state index in [1.54, 1.807) is 0 Å². The Labute approximate surface area is 405 Å². The summed E-state index contributed by atoms with van der Waals surface area (Å²) in [4.78, 5) is 4.94. The molecule has 4 bridgehead atoms. The van der Waals surface area contributed by atoms with Gasteiger partial charge >= 0.3 is 0 Å². The molecule has 0 amide bonds. The monoisotopic (exact) mass is 912 g/mol. The molecule has 6 unspecified atom stereocenters. The molecule has 0 saturated heterocycles. The Bertz CT molecular complexity index is 2430. The average molecular weight is 913 g/mol. The van der Waals surface area contributed by atoms with Crippen molar-refractivity contribution in [3.63, 3.8) is 0 Å². The summed E-state index contributed by atoms with van der Waals surface area (Å²) < 4.78 is 1.07. The predicted molar refractivity (Wildman–Crippen MR) is 282 cm³/mol. The summed E-state index contributed by atoms with van der Waals surface area (Å²) in [5.41, 5.74) is 13.3. The molecule has 5 aliphatic rings. The first-order chi connectivity index (χ1) is 30.9. The third kappa shape index (κ3) is 8.33. The second-order valence-corrected chi connectivity index (χ2v) is 24.0. The zero-order valence-corrected chi connectivity index (χ0v) is 41.4. The van der Waals surface area contributed by atoms with E-state index in [2.05, 4.69) is 176 Å². The molecule has 0 spiro atoms. The van der Waals surface area contributed by atoms with Crippen molar-refractivity contribution in [1.82, 2.24) is 0 Å². The molecular weight excluding hydrogens is 848 g/mol. The number of anilines is 6. The van der Waals surface area contributed by atoms with Gasteiger partial charge in [-0.15, -0.1) is 0 Å². The van der Waals surface area contributed by atoms with Crippen LogP contribution in [-0.4, -0.2) is 31.4 Å². The van der Waals surface area contributed by atoms with Gasteiger partial charge in [-0.25, -0.2) is 0 Å². The van der Waals surface area contributed by atoms with Crippen LogP contribution in [0.2, 0.25) is 10.4 Å². The van der Waals surface area contributed by atoms with Crippen molar-refractivity contribution >= 4 is 81.4 Å². The number of nitrogens with zero attached hydrogens (tertiary/aromatic N) is 2. The van der Waals surface area contributed by atoms with Crippen molar-refractivity contribution in [3.8, 4) is 0 Å². The molecule has 5 aromatic rings. The molecule has 326 valence electrons. The minimum atomic E-state index is -0.669. The second-order valence-electron chi connectivity index (χ2n) is 23.2. The second kappa shape index (κ2) is 16.9. The van der Waals surface area contributed by atoms with Crippen LogP contribution in [0.3, 0.4) is 0 Å². The molecule has 5 saturated carbocycles. The summed E-state index contributed by atoms with van der Waals surface area (Å²) >= 11 is 4.12. The van der Waals surface area contributed by atoms with Gasteiger partial charge in [-0.3, -0.25) is 0 Å². The SMILES string of the molecule is [B]C1([B])C2CCC(C2)C1c1ccc(N(c2ccc(C3C4CCC(C4)C3([B])[B])cc2)c2cc(C3CCCCC3)cc(N(c3ccc(C(C)(C)C)cc3)c3ccc(C(C)(C)C)cc3Br)c2)cc1. The molecule has 0 N–H and O–H groups in total. The molecule has 65 heavy (non-hydrogen) atoms. The van der Waals surface area contributed by atoms with Crippen LogP contribution in [0.5, 0.6) is 0 Å². The topological polar surface area (TPSA) is 6.48 Å². The largest absolute Gasteiger partial charge is 0.310 e. The first kappa shape index (κ1) is 45.2. The highest BCUT2D eigenvalue weighted by atomic mass is 79.9.